The van der Waals surface area contributed by atoms with Gasteiger partial charge in [-0.1, -0.05) is 6.07 Å². The molecule has 22 heavy (non-hydrogen) atoms. The molecular weight excluding hydrogens is 286 g/mol. The number of carboxylic acid groups (broad SMARTS) is 1. The van der Waals surface area contributed by atoms with Crippen molar-refractivity contribution in [2.45, 2.75) is 0 Å². The smallest absolute Gasteiger partial charge is 0.354 e. The Hall–Kier alpha value is -3.16. The highest BCUT2D eigenvalue weighted by molar-refractivity contribution is 6.05. The molecule has 8 nitrogen and oxygen atoms in total. The fourth-order valence-corrected chi connectivity index (χ4v) is 2.28. The van der Waals surface area contributed by atoms with E-state index in [1.165, 1.54) is 10.7 Å². The van der Waals surface area contributed by atoms with E-state index in [0.717, 1.165) is 5.56 Å². The van der Waals surface area contributed by atoms with E-state index >= 15 is 0 Å². The topological polar surface area (TPSA) is 113 Å². The Kier molecular flexibility index (Phi) is 3.13. The van der Waals surface area contributed by atoms with E-state index in [2.05, 4.69) is 20.6 Å². The zero-order valence-electron chi connectivity index (χ0n) is 11.9. The zero-order valence-corrected chi connectivity index (χ0v) is 11.9. The summed E-state index contributed by atoms with van der Waals surface area (Å²) >= 11 is 0. The molecule has 3 N–H and O–H groups in total. The molecule has 8 heteroatoms. The molecule has 2 aromatic heterocycles. The van der Waals surface area contributed by atoms with E-state index in [0.29, 0.717) is 22.3 Å². The molecule has 0 radical (unpaired) electrons. The lowest BCUT2D eigenvalue weighted by atomic mass is 10.1. The molecule has 0 bridgehead atoms. The highest BCUT2D eigenvalue weighted by Gasteiger charge is 2.16. The van der Waals surface area contributed by atoms with Crippen molar-refractivity contribution in [1.29, 1.82) is 0 Å². The number of aryl methyl sites for hydroxylation is 1. The van der Waals surface area contributed by atoms with Gasteiger partial charge in [0.25, 0.3) is 5.91 Å². The summed E-state index contributed by atoms with van der Waals surface area (Å²) in [6, 6.07) is 6.81. The summed E-state index contributed by atoms with van der Waals surface area (Å²) < 4.78 is 1.31. The number of nitrogens with zero attached hydrogens (tertiary/aromatic N) is 3. The molecule has 1 aromatic carbocycles. The highest BCUT2D eigenvalue weighted by Crippen LogP contribution is 2.24. The minimum atomic E-state index is -1.04. The van der Waals surface area contributed by atoms with Crippen LogP contribution < -0.4 is 5.32 Å². The van der Waals surface area contributed by atoms with E-state index in [9.17, 15) is 9.59 Å². The van der Waals surface area contributed by atoms with Crippen LogP contribution in [0.15, 0.2) is 24.3 Å². The van der Waals surface area contributed by atoms with E-state index in [1.807, 2.05) is 0 Å². The quantitative estimate of drug-likeness (QED) is 0.668. The highest BCUT2D eigenvalue weighted by atomic mass is 16.4. The molecular formula is C14H13N5O3. The third kappa shape index (κ3) is 2.10. The average molecular weight is 299 g/mol. The van der Waals surface area contributed by atoms with Crippen molar-refractivity contribution in [1.82, 2.24) is 25.3 Å². The van der Waals surface area contributed by atoms with Gasteiger partial charge in [-0.05, 0) is 18.2 Å². The Balaban J connectivity index is 2.08. The van der Waals surface area contributed by atoms with Gasteiger partial charge in [-0.15, -0.1) is 0 Å². The number of hydrogen-bond donors (Lipinski definition) is 3. The van der Waals surface area contributed by atoms with Crippen LogP contribution in [-0.2, 0) is 7.05 Å². The molecule has 0 spiro atoms. The summed E-state index contributed by atoms with van der Waals surface area (Å²) in [5, 5.41) is 23.3. The van der Waals surface area contributed by atoms with Gasteiger partial charge in [0.2, 0.25) is 0 Å². The fourth-order valence-electron chi connectivity index (χ4n) is 2.28. The first-order valence-electron chi connectivity index (χ1n) is 6.49. The van der Waals surface area contributed by atoms with E-state index < -0.39 is 5.97 Å². The molecule has 112 valence electrons. The second-order valence-electron chi connectivity index (χ2n) is 4.76. The number of amides is 1. The van der Waals surface area contributed by atoms with Crippen LogP contribution in [0, 0.1) is 0 Å². The van der Waals surface area contributed by atoms with Gasteiger partial charge in [-0.25, -0.2) is 4.79 Å². The number of benzene rings is 1. The molecule has 0 aliphatic carbocycles. The summed E-state index contributed by atoms with van der Waals surface area (Å²) in [5.41, 5.74) is 2.38. The van der Waals surface area contributed by atoms with E-state index in [4.69, 9.17) is 5.11 Å². The molecule has 0 saturated carbocycles. The summed E-state index contributed by atoms with van der Waals surface area (Å²) in [6.45, 7) is 0. The van der Waals surface area contributed by atoms with Crippen LogP contribution >= 0.6 is 0 Å². The Labute approximate surface area is 124 Å². The lowest BCUT2D eigenvalue weighted by molar-refractivity contribution is 0.0684. The summed E-state index contributed by atoms with van der Waals surface area (Å²) in [7, 11) is 3.11. The van der Waals surface area contributed by atoms with Gasteiger partial charge in [0.05, 0.1) is 11.2 Å². The second kappa shape index (κ2) is 4.99. The Morgan fingerprint density at radius 2 is 2.09 bits per heavy atom. The van der Waals surface area contributed by atoms with Crippen LogP contribution in [0.4, 0.5) is 0 Å². The molecule has 1 amide bonds. The van der Waals surface area contributed by atoms with Gasteiger partial charge in [0.1, 0.15) is 5.69 Å². The van der Waals surface area contributed by atoms with Crippen LogP contribution in [0.5, 0.6) is 0 Å². The maximum absolute atomic E-state index is 11.7. The predicted molar refractivity (Wildman–Crippen MR) is 78.6 cm³/mol. The number of rotatable bonds is 3. The Bertz CT molecular complexity index is 893. The number of carboxylic acids is 1. The van der Waals surface area contributed by atoms with Gasteiger partial charge >= 0.3 is 5.97 Å². The number of carbonyl (C=O) groups is 2. The maximum Gasteiger partial charge on any atom is 0.354 e. The Morgan fingerprint density at radius 1 is 1.32 bits per heavy atom. The van der Waals surface area contributed by atoms with Gasteiger partial charge in [0, 0.05) is 25.0 Å². The van der Waals surface area contributed by atoms with Crippen LogP contribution in [0.2, 0.25) is 0 Å². The molecule has 0 saturated heterocycles. The van der Waals surface area contributed by atoms with E-state index in [1.54, 1.807) is 32.3 Å². The number of carbonyl (C=O) groups excluding carboxylic acids is 1. The van der Waals surface area contributed by atoms with Crippen LogP contribution in [0.1, 0.15) is 21.0 Å². The van der Waals surface area contributed by atoms with E-state index in [-0.39, 0.29) is 11.6 Å². The number of H-pyrrole nitrogens is 1. The van der Waals surface area contributed by atoms with Crippen molar-refractivity contribution in [2.75, 3.05) is 7.05 Å². The minimum absolute atomic E-state index is 0.103. The summed E-state index contributed by atoms with van der Waals surface area (Å²) in [6.07, 6.45) is 0. The number of nitrogens with one attached hydrogen (secondary N) is 2. The van der Waals surface area contributed by atoms with Crippen LogP contribution in [-0.4, -0.2) is 44.0 Å². The molecule has 0 fully saturated rings. The van der Waals surface area contributed by atoms with Crippen molar-refractivity contribution in [3.05, 3.63) is 35.7 Å². The van der Waals surface area contributed by atoms with Gasteiger partial charge < -0.3 is 10.4 Å². The normalized spacial score (nSPS) is 10.8. The number of aromatic amines is 1. The monoisotopic (exact) mass is 299 g/mol. The summed E-state index contributed by atoms with van der Waals surface area (Å²) in [5.74, 6) is -1.31. The molecule has 0 unspecified atom stereocenters. The standard InChI is InChI=1S/C14H13N5O3/c1-15-13(20)12-8-4-3-7(5-10(8)16-17-12)9-6-11(14(21)22)19(2)18-9/h3-6H,1-2H3,(H,15,20)(H,16,17)(H,21,22). The number of fused-ring (bicyclic) bond motifs is 1. The third-order valence-electron chi connectivity index (χ3n) is 3.40. The Morgan fingerprint density at radius 3 is 2.73 bits per heavy atom. The van der Waals surface area contributed by atoms with Crippen molar-refractivity contribution >= 4 is 22.8 Å². The molecule has 0 aliphatic rings. The number of aromatic nitrogens is 4. The van der Waals surface area contributed by atoms with Crippen molar-refractivity contribution in [3.8, 4) is 11.3 Å². The molecule has 3 aromatic rings. The van der Waals surface area contributed by atoms with Crippen molar-refractivity contribution < 1.29 is 14.7 Å². The molecule has 0 aliphatic heterocycles. The van der Waals surface area contributed by atoms with Crippen LogP contribution in [0.3, 0.4) is 0 Å². The van der Waals surface area contributed by atoms with Crippen LogP contribution in [0.25, 0.3) is 22.2 Å². The fraction of sp³-hybridized carbons (Fsp3) is 0.143. The average Bonchev–Trinajstić information content (AvgIpc) is 3.09. The van der Waals surface area contributed by atoms with Crippen molar-refractivity contribution in [3.63, 3.8) is 0 Å². The largest absolute Gasteiger partial charge is 0.477 e. The first-order chi connectivity index (χ1) is 10.5. The van der Waals surface area contributed by atoms with Gasteiger partial charge in [0.15, 0.2) is 5.69 Å². The predicted octanol–water partition coefficient (Wildman–Crippen LogP) is 1.02. The lowest BCUT2D eigenvalue weighted by Crippen LogP contribution is -2.18. The molecule has 0 atom stereocenters. The third-order valence-corrected chi connectivity index (χ3v) is 3.40. The first-order valence-corrected chi connectivity index (χ1v) is 6.49. The number of hydrogen-bond acceptors (Lipinski definition) is 4. The first kappa shape index (κ1) is 13.8. The van der Waals surface area contributed by atoms with Crippen molar-refractivity contribution in [2.24, 2.45) is 7.05 Å². The second-order valence-corrected chi connectivity index (χ2v) is 4.76. The SMILES string of the molecule is CNC(=O)c1n[nH]c2cc(-c3cc(C(=O)O)n(C)n3)ccc12. The molecule has 3 rings (SSSR count). The van der Waals surface area contributed by atoms with Gasteiger partial charge in [-0.2, -0.15) is 10.2 Å². The maximum atomic E-state index is 11.7. The summed E-state index contributed by atoms with van der Waals surface area (Å²) in [4.78, 5) is 22.8. The minimum Gasteiger partial charge on any atom is -0.477 e. The lowest BCUT2D eigenvalue weighted by Gasteiger charge is -1.98. The van der Waals surface area contributed by atoms with Gasteiger partial charge in [-0.3, -0.25) is 14.6 Å². The molecule has 2 heterocycles. The zero-order chi connectivity index (χ0) is 15.9. The number of aromatic carboxylic acids is 1.